The third kappa shape index (κ3) is 3.92. The molecule has 25 heavy (non-hydrogen) atoms. The summed E-state index contributed by atoms with van der Waals surface area (Å²) in [6, 6.07) is 16.6. The standard InChI is InChI=1S/C17H16N2O4S2/c1-24(20,21)18-16-6-4-5-15(13-16)14-7-9-17(10-8-14)25(22,23)19-11-2-3-12-19/h2-13,18H,1H3. The zero-order valence-corrected chi connectivity index (χ0v) is 15.0. The van der Waals surface area contributed by atoms with E-state index in [1.165, 1.54) is 24.5 Å². The quantitative estimate of drug-likeness (QED) is 0.742. The Balaban J connectivity index is 1.92. The largest absolute Gasteiger partial charge is 0.284 e. The van der Waals surface area contributed by atoms with Crippen molar-refractivity contribution in [1.82, 2.24) is 3.97 Å². The average molecular weight is 376 g/mol. The number of rotatable bonds is 5. The Morgan fingerprint density at radius 3 is 2.04 bits per heavy atom. The number of hydrogen-bond acceptors (Lipinski definition) is 4. The van der Waals surface area contributed by atoms with Crippen LogP contribution in [0.3, 0.4) is 0 Å². The molecule has 0 fully saturated rings. The fourth-order valence-corrected chi connectivity index (χ4v) is 4.14. The monoisotopic (exact) mass is 376 g/mol. The highest BCUT2D eigenvalue weighted by atomic mass is 32.2. The van der Waals surface area contributed by atoms with Crippen molar-refractivity contribution in [3.8, 4) is 11.1 Å². The van der Waals surface area contributed by atoms with E-state index in [1.807, 2.05) is 6.07 Å². The molecule has 0 amide bonds. The summed E-state index contributed by atoms with van der Waals surface area (Å²) >= 11 is 0. The summed E-state index contributed by atoms with van der Waals surface area (Å²) in [7, 11) is -6.96. The van der Waals surface area contributed by atoms with Crippen molar-refractivity contribution in [2.75, 3.05) is 11.0 Å². The fraction of sp³-hybridized carbons (Fsp3) is 0.0588. The smallest absolute Gasteiger partial charge is 0.267 e. The average Bonchev–Trinajstić information content (AvgIpc) is 3.09. The summed E-state index contributed by atoms with van der Waals surface area (Å²) in [4.78, 5) is 0.179. The molecule has 2 aromatic carbocycles. The van der Waals surface area contributed by atoms with Crippen LogP contribution in [0.15, 0.2) is 78.0 Å². The van der Waals surface area contributed by atoms with Crippen LogP contribution in [0.1, 0.15) is 0 Å². The van der Waals surface area contributed by atoms with Crippen LogP contribution in [0.2, 0.25) is 0 Å². The molecule has 8 heteroatoms. The molecular weight excluding hydrogens is 360 g/mol. The predicted octanol–water partition coefficient (Wildman–Crippen LogP) is 2.76. The minimum Gasteiger partial charge on any atom is -0.284 e. The minimum absolute atomic E-state index is 0.179. The van der Waals surface area contributed by atoms with Crippen LogP contribution in [0, 0.1) is 0 Å². The zero-order chi connectivity index (χ0) is 18.1. The molecule has 0 saturated heterocycles. The first-order chi connectivity index (χ1) is 11.8. The van der Waals surface area contributed by atoms with E-state index in [9.17, 15) is 16.8 Å². The van der Waals surface area contributed by atoms with Gasteiger partial charge in [-0.05, 0) is 47.5 Å². The maximum atomic E-state index is 12.4. The SMILES string of the molecule is CS(=O)(=O)Nc1cccc(-c2ccc(S(=O)(=O)n3cccc3)cc2)c1. The highest BCUT2D eigenvalue weighted by molar-refractivity contribution is 7.92. The lowest BCUT2D eigenvalue weighted by Gasteiger charge is -2.09. The van der Waals surface area contributed by atoms with Crippen LogP contribution in [-0.2, 0) is 20.0 Å². The number of sulfonamides is 1. The number of aromatic nitrogens is 1. The van der Waals surface area contributed by atoms with Gasteiger partial charge in [-0.1, -0.05) is 24.3 Å². The van der Waals surface area contributed by atoms with Crippen molar-refractivity contribution in [1.29, 1.82) is 0 Å². The molecule has 0 saturated carbocycles. The lowest BCUT2D eigenvalue weighted by Crippen LogP contribution is -2.10. The molecule has 0 aliphatic carbocycles. The Labute approximate surface area is 146 Å². The van der Waals surface area contributed by atoms with Crippen LogP contribution < -0.4 is 4.72 Å². The first-order valence-corrected chi connectivity index (χ1v) is 10.7. The molecular formula is C17H16N2O4S2. The van der Waals surface area contributed by atoms with Gasteiger partial charge in [0.25, 0.3) is 10.0 Å². The van der Waals surface area contributed by atoms with E-state index in [0.29, 0.717) is 5.69 Å². The minimum atomic E-state index is -3.60. The third-order valence-electron chi connectivity index (χ3n) is 3.51. The summed E-state index contributed by atoms with van der Waals surface area (Å²) in [6.07, 6.45) is 4.04. The van der Waals surface area contributed by atoms with Gasteiger partial charge >= 0.3 is 0 Å². The normalized spacial score (nSPS) is 12.0. The second kappa shape index (κ2) is 6.38. The Bertz CT molecular complexity index is 1090. The molecule has 1 N–H and O–H groups in total. The molecule has 0 bridgehead atoms. The van der Waals surface area contributed by atoms with Gasteiger partial charge in [-0.15, -0.1) is 0 Å². The number of nitrogens with zero attached hydrogens (tertiary/aromatic N) is 1. The zero-order valence-electron chi connectivity index (χ0n) is 13.3. The Hall–Kier alpha value is -2.58. The van der Waals surface area contributed by atoms with E-state index in [2.05, 4.69) is 4.72 Å². The van der Waals surface area contributed by atoms with Crippen molar-refractivity contribution < 1.29 is 16.8 Å². The molecule has 6 nitrogen and oxygen atoms in total. The van der Waals surface area contributed by atoms with Gasteiger partial charge in [-0.25, -0.2) is 20.8 Å². The predicted molar refractivity (Wildman–Crippen MR) is 97.4 cm³/mol. The van der Waals surface area contributed by atoms with E-state index >= 15 is 0 Å². The lowest BCUT2D eigenvalue weighted by atomic mass is 10.1. The lowest BCUT2D eigenvalue weighted by molar-refractivity contribution is 0.587. The van der Waals surface area contributed by atoms with Crippen LogP contribution >= 0.6 is 0 Å². The molecule has 1 aromatic heterocycles. The second-order valence-electron chi connectivity index (χ2n) is 5.50. The topological polar surface area (TPSA) is 85.2 Å². The van der Waals surface area contributed by atoms with Crippen molar-refractivity contribution in [3.05, 3.63) is 73.1 Å². The van der Waals surface area contributed by atoms with Gasteiger partial charge in [-0.3, -0.25) is 4.72 Å². The number of anilines is 1. The van der Waals surface area contributed by atoms with Crippen LogP contribution in [0.5, 0.6) is 0 Å². The van der Waals surface area contributed by atoms with Gasteiger partial charge in [-0.2, -0.15) is 0 Å². The Morgan fingerprint density at radius 1 is 0.800 bits per heavy atom. The summed E-state index contributed by atoms with van der Waals surface area (Å²) in [5.74, 6) is 0. The number of benzene rings is 2. The number of nitrogens with one attached hydrogen (secondary N) is 1. The summed E-state index contributed by atoms with van der Waals surface area (Å²) in [5, 5.41) is 0. The molecule has 0 spiro atoms. The number of hydrogen-bond donors (Lipinski definition) is 1. The molecule has 0 aliphatic rings. The van der Waals surface area contributed by atoms with Crippen molar-refractivity contribution in [3.63, 3.8) is 0 Å². The fourth-order valence-electron chi connectivity index (χ4n) is 2.40. The Morgan fingerprint density at radius 2 is 1.44 bits per heavy atom. The molecule has 130 valence electrons. The van der Waals surface area contributed by atoms with E-state index < -0.39 is 20.0 Å². The van der Waals surface area contributed by atoms with Crippen molar-refractivity contribution in [2.45, 2.75) is 4.90 Å². The highest BCUT2D eigenvalue weighted by Crippen LogP contribution is 2.25. The van der Waals surface area contributed by atoms with Gasteiger partial charge in [0.05, 0.1) is 11.2 Å². The van der Waals surface area contributed by atoms with Crippen molar-refractivity contribution in [2.24, 2.45) is 0 Å². The Kier molecular flexibility index (Phi) is 4.40. The molecule has 0 atom stereocenters. The van der Waals surface area contributed by atoms with Crippen molar-refractivity contribution >= 4 is 25.7 Å². The summed E-state index contributed by atoms with van der Waals surface area (Å²) in [5.41, 5.74) is 2.01. The second-order valence-corrected chi connectivity index (χ2v) is 9.09. The van der Waals surface area contributed by atoms with Gasteiger partial charge in [0, 0.05) is 18.1 Å². The highest BCUT2D eigenvalue weighted by Gasteiger charge is 2.15. The molecule has 1 heterocycles. The summed E-state index contributed by atoms with van der Waals surface area (Å²) in [6.45, 7) is 0. The van der Waals surface area contributed by atoms with Crippen LogP contribution in [-0.4, -0.2) is 27.1 Å². The first kappa shape index (κ1) is 17.2. The van der Waals surface area contributed by atoms with Gasteiger partial charge < -0.3 is 0 Å². The third-order valence-corrected chi connectivity index (χ3v) is 5.78. The van der Waals surface area contributed by atoms with E-state index in [1.54, 1.807) is 42.5 Å². The molecule has 0 unspecified atom stereocenters. The first-order valence-electron chi connectivity index (χ1n) is 7.32. The molecule has 3 aromatic rings. The molecule has 0 aliphatic heterocycles. The maximum absolute atomic E-state index is 12.4. The molecule has 3 rings (SSSR count). The van der Waals surface area contributed by atoms with Crippen LogP contribution in [0.25, 0.3) is 11.1 Å². The van der Waals surface area contributed by atoms with Crippen LogP contribution in [0.4, 0.5) is 5.69 Å². The van der Waals surface area contributed by atoms with E-state index in [0.717, 1.165) is 21.4 Å². The molecule has 0 radical (unpaired) electrons. The van der Waals surface area contributed by atoms with Gasteiger partial charge in [0.1, 0.15) is 0 Å². The summed E-state index contributed by atoms with van der Waals surface area (Å²) < 4.78 is 51.1. The van der Waals surface area contributed by atoms with Gasteiger partial charge in [0.2, 0.25) is 10.0 Å². The maximum Gasteiger partial charge on any atom is 0.267 e. The van der Waals surface area contributed by atoms with E-state index in [4.69, 9.17) is 0 Å². The van der Waals surface area contributed by atoms with E-state index in [-0.39, 0.29) is 4.90 Å². The van der Waals surface area contributed by atoms with Gasteiger partial charge in [0.15, 0.2) is 0 Å².